The fraction of sp³-hybridized carbons (Fsp3) is 0.434. The summed E-state index contributed by atoms with van der Waals surface area (Å²) in [5.74, 6) is 4.49. The van der Waals surface area contributed by atoms with E-state index in [4.69, 9.17) is 29.9 Å². The summed E-state index contributed by atoms with van der Waals surface area (Å²) in [7, 11) is 0. The van der Waals surface area contributed by atoms with E-state index in [9.17, 15) is 0 Å². The zero-order valence-corrected chi connectivity index (χ0v) is 74.7. The third-order valence-electron chi connectivity index (χ3n) is 29.2. The molecular formula is C106H142N6. The molecule has 0 aliphatic rings. The maximum absolute atomic E-state index is 5.66. The van der Waals surface area contributed by atoms with Gasteiger partial charge in [0.2, 0.25) is 0 Å². The van der Waals surface area contributed by atoms with Crippen LogP contribution in [0.1, 0.15) is 263 Å². The van der Waals surface area contributed by atoms with Gasteiger partial charge in [0.25, 0.3) is 0 Å². The monoisotopic (exact) mass is 1500 g/mol. The van der Waals surface area contributed by atoms with Crippen LogP contribution in [0.2, 0.25) is 0 Å². The number of benzene rings is 9. The molecule has 0 aliphatic carbocycles. The van der Waals surface area contributed by atoms with Crippen LogP contribution < -0.4 is 0 Å². The van der Waals surface area contributed by atoms with Crippen LogP contribution >= 0.6 is 0 Å². The van der Waals surface area contributed by atoms with Crippen LogP contribution in [-0.4, -0.2) is 29.9 Å². The standard InChI is InChI=1S/C66H81N3.C36H45N3.4CH4/c1-28-31(4)37(10)55(38(11)32(28)5)58-43(16)49(22)61(50(23)44(58)17)64-67-65(62-51(24)45(18)59(46(19)52(62)25)56-39(12)33(6)29(2)34(7)40(56)13)69-66(68-64)63-53(26)47(20)60(48(21)54(63)27)57-41(14)35(8)30(3)36(9)42(57)15;1-16-19(4)25(10)31(26(11)20(16)5)34-37-35(32-27(12)21(6)17(2)22(7)28(32)13)39-36(38-34)33-29(14)23(8)18(3)24(9)30(33)15;;;;/h1-27H3;1-15H3;4*1H4. The van der Waals surface area contributed by atoms with E-state index in [1.807, 2.05) is 0 Å². The fourth-order valence-electron chi connectivity index (χ4n) is 18.6. The summed E-state index contributed by atoms with van der Waals surface area (Å²) >= 11 is 0. The van der Waals surface area contributed by atoms with Crippen molar-refractivity contribution in [1.82, 2.24) is 29.9 Å². The van der Waals surface area contributed by atoms with Gasteiger partial charge in [-0.3, -0.25) is 0 Å². The first-order chi connectivity index (χ1) is 50.1. The van der Waals surface area contributed by atoms with E-state index in [1.54, 1.807) is 0 Å². The molecule has 0 spiro atoms. The second-order valence-electron chi connectivity index (χ2n) is 33.4. The molecule has 0 amide bonds. The quantitative estimate of drug-likeness (QED) is 0.143. The van der Waals surface area contributed by atoms with Gasteiger partial charge in [-0.2, -0.15) is 0 Å². The number of nitrogens with zero attached hydrogens (tertiary/aromatic N) is 6. The number of rotatable bonds is 9. The summed E-state index contributed by atoms with van der Waals surface area (Å²) in [4.78, 5) is 32.8. The van der Waals surface area contributed by atoms with Crippen molar-refractivity contribution in [3.8, 4) is 102 Å². The van der Waals surface area contributed by atoms with Gasteiger partial charge in [-0.1, -0.05) is 29.7 Å². The lowest BCUT2D eigenvalue weighted by Gasteiger charge is -2.27. The Hall–Kier alpha value is -9.00. The molecule has 0 unspecified atom stereocenters. The normalized spacial score (nSPS) is 11.2. The van der Waals surface area contributed by atoms with Crippen LogP contribution in [0.3, 0.4) is 0 Å². The molecular weight excluding hydrogens is 1360 g/mol. The first-order valence-corrected chi connectivity index (χ1v) is 39.4. The lowest BCUT2D eigenvalue weighted by atomic mass is 9.79. The largest absolute Gasteiger partial charge is 0.208 e. The number of aromatic nitrogens is 6. The Labute approximate surface area is 681 Å². The highest BCUT2D eigenvalue weighted by molar-refractivity contribution is 5.91. The van der Waals surface area contributed by atoms with Crippen LogP contribution in [0.5, 0.6) is 0 Å². The molecule has 11 rings (SSSR count). The second-order valence-corrected chi connectivity index (χ2v) is 33.4. The molecule has 0 radical (unpaired) electrons. The smallest absolute Gasteiger partial charge is 0.164 e. The van der Waals surface area contributed by atoms with E-state index in [0.717, 1.165) is 68.3 Å². The topological polar surface area (TPSA) is 77.3 Å². The highest BCUT2D eigenvalue weighted by Crippen LogP contribution is 2.49. The third-order valence-corrected chi connectivity index (χ3v) is 29.2. The Morgan fingerprint density at radius 2 is 0.134 bits per heavy atom. The van der Waals surface area contributed by atoms with Gasteiger partial charge in [0.1, 0.15) is 0 Å². The maximum Gasteiger partial charge on any atom is 0.164 e. The predicted molar refractivity (Wildman–Crippen MR) is 494 cm³/mol. The first-order valence-electron chi connectivity index (χ1n) is 39.4. The summed E-state index contributed by atoms with van der Waals surface area (Å²) in [6.45, 7) is 95.1. The minimum atomic E-state index is 0. The molecule has 11 aromatic rings. The van der Waals surface area contributed by atoms with Gasteiger partial charge < -0.3 is 0 Å². The van der Waals surface area contributed by atoms with Crippen molar-refractivity contribution >= 4 is 0 Å². The lowest BCUT2D eigenvalue weighted by Crippen LogP contribution is -2.11. The molecule has 112 heavy (non-hydrogen) atoms. The summed E-state index contributed by atoms with van der Waals surface area (Å²) in [5.41, 5.74) is 69.7. The molecule has 0 saturated carbocycles. The molecule has 6 heteroatoms. The average Bonchev–Trinajstić information content (AvgIpc) is 0.735. The van der Waals surface area contributed by atoms with Gasteiger partial charge in [0.05, 0.1) is 0 Å². The van der Waals surface area contributed by atoms with Crippen molar-refractivity contribution in [1.29, 1.82) is 0 Å². The average molecular weight is 1500 g/mol. The first kappa shape index (κ1) is 91.9. The molecule has 6 nitrogen and oxygen atoms in total. The van der Waals surface area contributed by atoms with E-state index in [-0.39, 0.29) is 29.7 Å². The van der Waals surface area contributed by atoms with Crippen molar-refractivity contribution < 1.29 is 0 Å². The zero-order chi connectivity index (χ0) is 80.9. The Bertz CT molecular complexity index is 4920. The van der Waals surface area contributed by atoms with Crippen LogP contribution in [0.4, 0.5) is 0 Å². The molecule has 0 fully saturated rings. The van der Waals surface area contributed by atoms with Gasteiger partial charge in [0, 0.05) is 33.4 Å². The molecule has 2 aromatic heterocycles. The second kappa shape index (κ2) is 33.2. The highest BCUT2D eigenvalue weighted by atomic mass is 15.0. The summed E-state index contributed by atoms with van der Waals surface area (Å²) < 4.78 is 0. The third kappa shape index (κ3) is 14.2. The van der Waals surface area contributed by atoms with Crippen molar-refractivity contribution in [3.05, 3.63) is 234 Å². The van der Waals surface area contributed by atoms with Crippen LogP contribution in [0.25, 0.3) is 102 Å². The maximum atomic E-state index is 5.66. The van der Waals surface area contributed by atoms with E-state index in [0.29, 0.717) is 0 Å². The van der Waals surface area contributed by atoms with Crippen molar-refractivity contribution in [3.63, 3.8) is 0 Å². The van der Waals surface area contributed by atoms with Gasteiger partial charge in [-0.05, 0) is 558 Å². The SMILES string of the molecule is C.C.C.C.Cc1c(C)c(C)c(-c2c(C)c(C)c(-c3nc(-c4c(C)c(C)c(-c5c(C)c(C)c(C)c(C)c5C)c(C)c4C)nc(-c4c(C)c(C)c(-c5c(C)c(C)c(C)c(C)c5C)c(C)c4C)n3)c(C)c2C)c(C)c1C.Cc1c(C)c(C)c(-c2nc(-c3c(C)c(C)c(C)c(C)c3C)nc(-c3c(C)c(C)c(C)c(C)c3C)n2)c(C)c1C. The van der Waals surface area contributed by atoms with Gasteiger partial charge >= 0.3 is 0 Å². The van der Waals surface area contributed by atoms with Crippen molar-refractivity contribution in [2.45, 2.75) is 321 Å². The minimum absolute atomic E-state index is 0. The van der Waals surface area contributed by atoms with Crippen LogP contribution in [-0.2, 0) is 0 Å². The molecule has 2 heterocycles. The molecule has 9 aromatic carbocycles. The Balaban J connectivity index is 0.000000388. The fourth-order valence-corrected chi connectivity index (χ4v) is 18.6. The van der Waals surface area contributed by atoms with Crippen molar-refractivity contribution in [2.24, 2.45) is 0 Å². The number of hydrogen-bond donors (Lipinski definition) is 0. The Morgan fingerprint density at radius 1 is 0.0804 bits per heavy atom. The molecule has 0 N–H and O–H groups in total. The van der Waals surface area contributed by atoms with E-state index >= 15 is 0 Å². The zero-order valence-electron chi connectivity index (χ0n) is 74.7. The predicted octanol–water partition coefficient (Wildman–Crippen LogP) is 30.2. The molecule has 0 aliphatic heterocycles. The Morgan fingerprint density at radius 3 is 0.223 bits per heavy atom. The van der Waals surface area contributed by atoms with E-state index < -0.39 is 0 Å². The summed E-state index contributed by atoms with van der Waals surface area (Å²) in [5, 5.41) is 0. The minimum Gasteiger partial charge on any atom is -0.208 e. The van der Waals surface area contributed by atoms with Gasteiger partial charge in [-0.25, -0.2) is 29.9 Å². The van der Waals surface area contributed by atoms with Gasteiger partial charge in [-0.15, -0.1) is 0 Å². The molecule has 0 atom stereocenters. The van der Waals surface area contributed by atoms with Gasteiger partial charge in [0.15, 0.2) is 34.9 Å². The van der Waals surface area contributed by atoms with Crippen molar-refractivity contribution in [2.75, 3.05) is 0 Å². The van der Waals surface area contributed by atoms with E-state index in [1.165, 1.54) is 267 Å². The summed E-state index contributed by atoms with van der Waals surface area (Å²) in [6, 6.07) is 0. The summed E-state index contributed by atoms with van der Waals surface area (Å²) in [6.07, 6.45) is 0. The van der Waals surface area contributed by atoms with Crippen LogP contribution in [0, 0.1) is 291 Å². The molecule has 0 saturated heterocycles. The van der Waals surface area contributed by atoms with E-state index in [2.05, 4.69) is 291 Å². The number of hydrogen-bond acceptors (Lipinski definition) is 6. The molecule has 0 bridgehead atoms. The van der Waals surface area contributed by atoms with Crippen LogP contribution in [0.15, 0.2) is 0 Å². The Kier molecular flexibility index (Phi) is 27.2. The molecule has 596 valence electrons. The lowest BCUT2D eigenvalue weighted by molar-refractivity contribution is 1.03. The highest BCUT2D eigenvalue weighted by Gasteiger charge is 2.32.